The van der Waals surface area contributed by atoms with E-state index in [-0.39, 0.29) is 13.2 Å². The standard InChI is InChI=1S/C41H42O4/c1-29-15-21-35(27-33(29)19-17-31(3)44-25-9-23-42)41(39-13-7-5-11-37(39)38-12-6-8-14-40(38)41)36-22-16-30(2)34(28-36)20-18-32(4)45-26-10-24-43/h5-8,11-22,27-28,42-43H,3-4,9-10,23-26H2,1-2H3/b19-17-,20-18-. The summed E-state index contributed by atoms with van der Waals surface area (Å²) >= 11 is 0. The van der Waals surface area contributed by atoms with Crippen molar-refractivity contribution in [2.24, 2.45) is 0 Å². The van der Waals surface area contributed by atoms with E-state index >= 15 is 0 Å². The van der Waals surface area contributed by atoms with Crippen LogP contribution < -0.4 is 0 Å². The minimum atomic E-state index is -0.553. The summed E-state index contributed by atoms with van der Waals surface area (Å²) in [6.07, 6.45) is 9.06. The topological polar surface area (TPSA) is 58.9 Å². The van der Waals surface area contributed by atoms with Gasteiger partial charge in [0.2, 0.25) is 0 Å². The van der Waals surface area contributed by atoms with Crippen LogP contribution in [0.2, 0.25) is 0 Å². The third-order valence-electron chi connectivity index (χ3n) is 8.45. The molecule has 4 aromatic carbocycles. The number of hydrogen-bond donors (Lipinski definition) is 2. The van der Waals surface area contributed by atoms with Gasteiger partial charge in [-0.05, 0) is 93.8 Å². The Hall–Kier alpha value is -4.64. The number of rotatable bonds is 14. The van der Waals surface area contributed by atoms with Gasteiger partial charge in [0, 0.05) is 26.1 Å². The summed E-state index contributed by atoms with van der Waals surface area (Å²) in [7, 11) is 0. The molecule has 0 heterocycles. The van der Waals surface area contributed by atoms with Gasteiger partial charge in [-0.25, -0.2) is 0 Å². The van der Waals surface area contributed by atoms with E-state index in [0.717, 1.165) is 22.3 Å². The van der Waals surface area contributed by atoms with Crippen molar-refractivity contribution in [3.8, 4) is 11.1 Å². The highest BCUT2D eigenvalue weighted by molar-refractivity contribution is 5.86. The number of ether oxygens (including phenoxy) is 2. The van der Waals surface area contributed by atoms with Gasteiger partial charge >= 0.3 is 0 Å². The Morgan fingerprint density at radius 3 is 1.49 bits per heavy atom. The maximum Gasteiger partial charge on any atom is 0.112 e. The monoisotopic (exact) mass is 598 g/mol. The number of aryl methyl sites for hydroxylation is 2. The summed E-state index contributed by atoms with van der Waals surface area (Å²) in [5.74, 6) is 1.13. The lowest BCUT2D eigenvalue weighted by atomic mass is 9.67. The molecule has 0 amide bonds. The number of aliphatic hydroxyl groups is 2. The van der Waals surface area contributed by atoms with Crippen molar-refractivity contribution in [2.75, 3.05) is 26.4 Å². The predicted molar refractivity (Wildman–Crippen MR) is 185 cm³/mol. The fraction of sp³-hybridized carbons (Fsp3) is 0.220. The molecule has 0 radical (unpaired) electrons. The molecule has 0 unspecified atom stereocenters. The van der Waals surface area contributed by atoms with Crippen molar-refractivity contribution in [3.05, 3.63) is 166 Å². The van der Waals surface area contributed by atoms with Crippen LogP contribution in [-0.4, -0.2) is 36.6 Å². The van der Waals surface area contributed by atoms with Crippen molar-refractivity contribution in [3.63, 3.8) is 0 Å². The quantitative estimate of drug-likeness (QED) is 0.0764. The molecule has 0 aliphatic heterocycles. The van der Waals surface area contributed by atoms with Gasteiger partial charge in [-0.15, -0.1) is 0 Å². The second-order valence-electron chi connectivity index (χ2n) is 11.4. The molecule has 1 aliphatic carbocycles. The lowest BCUT2D eigenvalue weighted by Crippen LogP contribution is -2.29. The molecule has 0 fully saturated rings. The summed E-state index contributed by atoms with van der Waals surface area (Å²) < 4.78 is 11.3. The number of aliphatic hydroxyl groups excluding tert-OH is 2. The first-order valence-electron chi connectivity index (χ1n) is 15.5. The fourth-order valence-electron chi connectivity index (χ4n) is 6.13. The van der Waals surface area contributed by atoms with Crippen LogP contribution in [-0.2, 0) is 14.9 Å². The Morgan fingerprint density at radius 2 is 1.07 bits per heavy atom. The average molecular weight is 599 g/mol. The summed E-state index contributed by atoms with van der Waals surface area (Å²) in [5, 5.41) is 18.2. The number of benzene rings is 4. The second kappa shape index (κ2) is 14.4. The Kier molecular flexibility index (Phi) is 10.2. The molecule has 5 rings (SSSR count). The van der Waals surface area contributed by atoms with Crippen LogP contribution in [0.1, 0.15) is 57.3 Å². The van der Waals surface area contributed by atoms with E-state index in [1.54, 1.807) is 0 Å². The molecule has 0 saturated carbocycles. The first-order chi connectivity index (χ1) is 21.9. The highest BCUT2D eigenvalue weighted by atomic mass is 16.5. The van der Waals surface area contributed by atoms with Crippen molar-refractivity contribution in [1.29, 1.82) is 0 Å². The van der Waals surface area contributed by atoms with E-state index in [0.29, 0.717) is 37.6 Å². The minimum absolute atomic E-state index is 0.0901. The van der Waals surface area contributed by atoms with Crippen LogP contribution >= 0.6 is 0 Å². The van der Waals surface area contributed by atoms with Crippen molar-refractivity contribution < 1.29 is 19.7 Å². The van der Waals surface area contributed by atoms with E-state index in [4.69, 9.17) is 19.7 Å². The van der Waals surface area contributed by atoms with Crippen molar-refractivity contribution in [2.45, 2.75) is 32.1 Å². The zero-order valence-corrected chi connectivity index (χ0v) is 26.3. The Balaban J connectivity index is 1.67. The normalized spacial score (nSPS) is 13.2. The smallest absolute Gasteiger partial charge is 0.112 e. The third kappa shape index (κ3) is 6.58. The number of hydrogen-bond acceptors (Lipinski definition) is 4. The van der Waals surface area contributed by atoms with Gasteiger partial charge in [-0.3, -0.25) is 0 Å². The molecule has 1 aliphatic rings. The first-order valence-corrected chi connectivity index (χ1v) is 15.5. The third-order valence-corrected chi connectivity index (χ3v) is 8.45. The maximum absolute atomic E-state index is 9.09. The van der Waals surface area contributed by atoms with Gasteiger partial charge in [0.1, 0.15) is 11.5 Å². The summed E-state index contributed by atoms with van der Waals surface area (Å²) in [6, 6.07) is 30.9. The zero-order valence-electron chi connectivity index (χ0n) is 26.3. The van der Waals surface area contributed by atoms with E-state index in [9.17, 15) is 0 Å². The molecule has 0 bridgehead atoms. The van der Waals surface area contributed by atoms with E-state index < -0.39 is 5.41 Å². The molecule has 0 saturated heterocycles. The van der Waals surface area contributed by atoms with Crippen LogP contribution in [0.15, 0.2) is 122 Å². The van der Waals surface area contributed by atoms with Gasteiger partial charge < -0.3 is 19.7 Å². The van der Waals surface area contributed by atoms with Crippen molar-refractivity contribution in [1.82, 2.24) is 0 Å². The predicted octanol–water partition coefficient (Wildman–Crippen LogP) is 8.52. The summed E-state index contributed by atoms with van der Waals surface area (Å²) in [4.78, 5) is 0. The molecule has 230 valence electrons. The van der Waals surface area contributed by atoms with Gasteiger partial charge in [-0.1, -0.05) is 98.1 Å². The second-order valence-corrected chi connectivity index (χ2v) is 11.4. The van der Waals surface area contributed by atoms with Gasteiger partial charge in [0.25, 0.3) is 0 Å². The van der Waals surface area contributed by atoms with E-state index in [1.165, 1.54) is 33.4 Å². The number of fused-ring (bicyclic) bond motifs is 3. The Labute approximate surface area is 267 Å². The SMILES string of the molecule is C=C(/C=C\c1cc(C2(c3ccc(C)c(/C=C\C(=C)OCCCO)c3)c3ccccc3-c3ccccc32)ccc1C)OCCCO. The van der Waals surface area contributed by atoms with Crippen molar-refractivity contribution >= 4 is 12.2 Å². The van der Waals surface area contributed by atoms with Gasteiger partial charge in [0.05, 0.1) is 18.6 Å². The average Bonchev–Trinajstić information content (AvgIpc) is 3.35. The molecule has 0 spiro atoms. The molecular formula is C41H42O4. The zero-order chi connectivity index (χ0) is 31.8. The van der Waals surface area contributed by atoms with Crippen LogP contribution in [0.4, 0.5) is 0 Å². The van der Waals surface area contributed by atoms with Gasteiger partial charge in [-0.2, -0.15) is 0 Å². The van der Waals surface area contributed by atoms with E-state index in [2.05, 4.69) is 124 Å². The Morgan fingerprint density at radius 1 is 0.644 bits per heavy atom. The molecule has 0 atom stereocenters. The van der Waals surface area contributed by atoms with Crippen LogP contribution in [0.5, 0.6) is 0 Å². The molecule has 0 aromatic heterocycles. The molecule has 4 nitrogen and oxygen atoms in total. The fourth-order valence-corrected chi connectivity index (χ4v) is 6.13. The first kappa shape index (κ1) is 31.8. The molecule has 2 N–H and O–H groups in total. The highest BCUT2D eigenvalue weighted by Crippen LogP contribution is 2.56. The molecule has 4 heteroatoms. The molecule has 45 heavy (non-hydrogen) atoms. The molecular weight excluding hydrogens is 556 g/mol. The largest absolute Gasteiger partial charge is 0.494 e. The highest BCUT2D eigenvalue weighted by Gasteiger charge is 2.46. The van der Waals surface area contributed by atoms with E-state index in [1.807, 2.05) is 12.2 Å². The number of allylic oxidation sites excluding steroid dienone is 2. The summed E-state index contributed by atoms with van der Waals surface area (Å²) in [6.45, 7) is 13.4. The lowest BCUT2D eigenvalue weighted by molar-refractivity contribution is 0.185. The Bertz CT molecular complexity index is 1610. The maximum atomic E-state index is 9.09. The van der Waals surface area contributed by atoms with Crippen LogP contribution in [0, 0.1) is 13.8 Å². The summed E-state index contributed by atoms with van der Waals surface area (Å²) in [5.41, 5.74) is 11.2. The van der Waals surface area contributed by atoms with Crippen LogP contribution in [0.25, 0.3) is 23.3 Å². The lowest BCUT2D eigenvalue weighted by Gasteiger charge is -2.34. The van der Waals surface area contributed by atoms with Crippen LogP contribution in [0.3, 0.4) is 0 Å². The molecule has 4 aromatic rings. The van der Waals surface area contributed by atoms with Gasteiger partial charge in [0.15, 0.2) is 0 Å². The minimum Gasteiger partial charge on any atom is -0.494 e.